The first-order valence-corrected chi connectivity index (χ1v) is 12.5. The summed E-state index contributed by atoms with van der Waals surface area (Å²) < 4.78 is 26.0. The highest BCUT2D eigenvalue weighted by Gasteiger charge is 2.28. The Morgan fingerprint density at radius 2 is 1.57 bits per heavy atom. The Balaban J connectivity index is 1.25. The fourth-order valence-corrected chi connectivity index (χ4v) is 6.42. The Morgan fingerprint density at radius 3 is 2.23 bits per heavy atom. The summed E-state index contributed by atoms with van der Waals surface area (Å²) in [5.74, 6) is 0.999. The van der Waals surface area contributed by atoms with Gasteiger partial charge in [-0.15, -0.1) is 0 Å². The standard InChI is InChI=1S/C26H27NO2S/c28-30(29)16-4-15-27(30)26-8-3-7-25(19-26)22-13-11-20(12-14-22)9-10-21-17-23-5-1-2-6-24(23)18-21/h1-3,5-8,11-14,19,21H,4,9-10,15-18H2. The van der Waals surface area contributed by atoms with Gasteiger partial charge in [-0.3, -0.25) is 4.31 Å². The first-order valence-electron chi connectivity index (χ1n) is 10.8. The molecular weight excluding hydrogens is 390 g/mol. The summed E-state index contributed by atoms with van der Waals surface area (Å²) in [6, 6.07) is 25.5. The van der Waals surface area contributed by atoms with E-state index in [1.807, 2.05) is 18.2 Å². The molecule has 0 radical (unpaired) electrons. The molecule has 154 valence electrons. The van der Waals surface area contributed by atoms with E-state index in [0.717, 1.165) is 29.2 Å². The summed E-state index contributed by atoms with van der Waals surface area (Å²) in [6.07, 6.45) is 5.44. The maximum atomic E-state index is 12.2. The number of hydrogen-bond donors (Lipinski definition) is 0. The normalized spacial score (nSPS) is 17.9. The number of nitrogens with zero attached hydrogens (tertiary/aromatic N) is 1. The molecule has 1 aliphatic carbocycles. The Hall–Kier alpha value is -2.59. The minimum absolute atomic E-state index is 0.248. The van der Waals surface area contributed by atoms with E-state index < -0.39 is 10.0 Å². The molecule has 1 saturated heterocycles. The summed E-state index contributed by atoms with van der Waals surface area (Å²) in [4.78, 5) is 0. The maximum Gasteiger partial charge on any atom is 0.235 e. The molecule has 1 aliphatic heterocycles. The zero-order chi connectivity index (χ0) is 20.6. The van der Waals surface area contributed by atoms with Crippen LogP contribution in [0.4, 0.5) is 5.69 Å². The minimum atomic E-state index is -3.15. The molecule has 0 N–H and O–H groups in total. The second-order valence-corrected chi connectivity index (χ2v) is 10.6. The third-order valence-corrected chi connectivity index (χ3v) is 8.37. The lowest BCUT2D eigenvalue weighted by atomic mass is 9.95. The van der Waals surface area contributed by atoms with Gasteiger partial charge in [0, 0.05) is 6.54 Å². The first kappa shape index (κ1) is 19.4. The number of hydrogen-bond acceptors (Lipinski definition) is 2. The van der Waals surface area contributed by atoms with Crippen molar-refractivity contribution in [2.24, 2.45) is 5.92 Å². The van der Waals surface area contributed by atoms with E-state index in [9.17, 15) is 8.42 Å². The zero-order valence-electron chi connectivity index (χ0n) is 17.1. The van der Waals surface area contributed by atoms with E-state index in [1.165, 1.54) is 36.0 Å². The van der Waals surface area contributed by atoms with Crippen molar-refractivity contribution in [1.29, 1.82) is 0 Å². The summed E-state index contributed by atoms with van der Waals surface area (Å²) >= 11 is 0. The van der Waals surface area contributed by atoms with Crippen LogP contribution in [0.5, 0.6) is 0 Å². The Kier molecular flexibility index (Phi) is 5.11. The number of anilines is 1. The highest BCUT2D eigenvalue weighted by molar-refractivity contribution is 7.93. The zero-order valence-corrected chi connectivity index (χ0v) is 17.9. The summed E-state index contributed by atoms with van der Waals surface area (Å²) in [5.41, 5.74) is 7.39. The molecule has 30 heavy (non-hydrogen) atoms. The molecule has 0 atom stereocenters. The van der Waals surface area contributed by atoms with Gasteiger partial charge >= 0.3 is 0 Å². The molecule has 0 aromatic heterocycles. The van der Waals surface area contributed by atoms with Crippen LogP contribution in [0.2, 0.25) is 0 Å². The minimum Gasteiger partial charge on any atom is -0.270 e. The van der Waals surface area contributed by atoms with E-state index in [-0.39, 0.29) is 5.75 Å². The maximum absolute atomic E-state index is 12.2. The molecule has 5 rings (SSSR count). The molecule has 0 amide bonds. The van der Waals surface area contributed by atoms with Crippen LogP contribution < -0.4 is 4.31 Å². The van der Waals surface area contributed by atoms with Crippen LogP contribution in [0.3, 0.4) is 0 Å². The lowest BCUT2D eigenvalue weighted by Crippen LogP contribution is -2.24. The number of fused-ring (bicyclic) bond motifs is 1. The van der Waals surface area contributed by atoms with Gasteiger partial charge in [0.25, 0.3) is 0 Å². The van der Waals surface area contributed by atoms with Gasteiger partial charge in [0.2, 0.25) is 10.0 Å². The van der Waals surface area contributed by atoms with Gasteiger partial charge in [-0.25, -0.2) is 8.42 Å². The van der Waals surface area contributed by atoms with Crippen LogP contribution >= 0.6 is 0 Å². The van der Waals surface area contributed by atoms with Crippen LogP contribution in [0, 0.1) is 5.92 Å². The predicted molar refractivity (Wildman–Crippen MR) is 123 cm³/mol. The van der Waals surface area contributed by atoms with E-state index >= 15 is 0 Å². The van der Waals surface area contributed by atoms with Gasteiger partial charge in [0.15, 0.2) is 0 Å². The topological polar surface area (TPSA) is 37.4 Å². The summed E-state index contributed by atoms with van der Waals surface area (Å²) in [5, 5.41) is 0. The molecular formula is C26H27NO2S. The van der Waals surface area contributed by atoms with Gasteiger partial charge in [-0.1, -0.05) is 60.7 Å². The van der Waals surface area contributed by atoms with E-state index in [2.05, 4.69) is 54.6 Å². The number of rotatable bonds is 5. The molecule has 1 fully saturated rings. The largest absolute Gasteiger partial charge is 0.270 e. The van der Waals surface area contributed by atoms with Gasteiger partial charge in [0.1, 0.15) is 0 Å². The molecule has 1 heterocycles. The van der Waals surface area contributed by atoms with E-state index in [1.54, 1.807) is 4.31 Å². The fourth-order valence-electron chi connectivity index (χ4n) is 4.86. The quantitative estimate of drug-likeness (QED) is 0.569. The molecule has 0 unspecified atom stereocenters. The van der Waals surface area contributed by atoms with Gasteiger partial charge in [-0.2, -0.15) is 0 Å². The van der Waals surface area contributed by atoms with Gasteiger partial charge < -0.3 is 0 Å². The first-order chi connectivity index (χ1) is 14.6. The van der Waals surface area contributed by atoms with Gasteiger partial charge in [-0.05, 0) is 78.0 Å². The number of aryl methyl sites for hydroxylation is 1. The van der Waals surface area contributed by atoms with E-state index in [0.29, 0.717) is 13.0 Å². The van der Waals surface area contributed by atoms with Gasteiger partial charge in [0.05, 0.1) is 11.4 Å². The third-order valence-electron chi connectivity index (χ3n) is 6.50. The lowest BCUT2D eigenvalue weighted by Gasteiger charge is -2.17. The van der Waals surface area contributed by atoms with Crippen molar-refractivity contribution in [3.8, 4) is 11.1 Å². The van der Waals surface area contributed by atoms with Crippen molar-refractivity contribution in [2.45, 2.75) is 32.1 Å². The third kappa shape index (κ3) is 3.89. The highest BCUT2D eigenvalue weighted by atomic mass is 32.2. The molecule has 0 saturated carbocycles. The van der Waals surface area contributed by atoms with Crippen molar-refractivity contribution in [3.05, 3.63) is 89.5 Å². The average molecular weight is 418 g/mol. The van der Waals surface area contributed by atoms with Crippen molar-refractivity contribution in [3.63, 3.8) is 0 Å². The SMILES string of the molecule is O=S1(=O)CCCN1c1cccc(-c2ccc(CCC3Cc4ccccc4C3)cc2)c1. The molecule has 3 nitrogen and oxygen atoms in total. The monoisotopic (exact) mass is 417 g/mol. The van der Waals surface area contributed by atoms with Crippen molar-refractivity contribution < 1.29 is 8.42 Å². The molecule has 3 aromatic carbocycles. The Morgan fingerprint density at radius 1 is 0.833 bits per heavy atom. The smallest absolute Gasteiger partial charge is 0.235 e. The number of benzene rings is 3. The van der Waals surface area contributed by atoms with Crippen molar-refractivity contribution >= 4 is 15.7 Å². The lowest BCUT2D eigenvalue weighted by molar-refractivity contribution is 0.514. The Labute approximate surface area is 179 Å². The molecule has 2 aliphatic rings. The predicted octanol–water partition coefficient (Wildman–Crippen LogP) is 5.24. The molecule has 0 bridgehead atoms. The number of sulfonamides is 1. The summed E-state index contributed by atoms with van der Waals surface area (Å²) in [7, 11) is -3.15. The van der Waals surface area contributed by atoms with Crippen LogP contribution in [0.1, 0.15) is 29.5 Å². The molecule has 3 aromatic rings. The van der Waals surface area contributed by atoms with Crippen LogP contribution in [-0.2, 0) is 29.3 Å². The molecule has 4 heteroatoms. The van der Waals surface area contributed by atoms with Crippen LogP contribution in [0.15, 0.2) is 72.8 Å². The Bertz CT molecular complexity index is 1130. The second kappa shape index (κ2) is 7.92. The van der Waals surface area contributed by atoms with Crippen LogP contribution in [-0.4, -0.2) is 20.7 Å². The summed E-state index contributed by atoms with van der Waals surface area (Å²) in [6.45, 7) is 0.579. The van der Waals surface area contributed by atoms with Crippen molar-refractivity contribution in [2.75, 3.05) is 16.6 Å². The van der Waals surface area contributed by atoms with E-state index in [4.69, 9.17) is 0 Å². The highest BCUT2D eigenvalue weighted by Crippen LogP contribution is 2.31. The molecule has 0 spiro atoms. The van der Waals surface area contributed by atoms with Crippen LogP contribution in [0.25, 0.3) is 11.1 Å². The average Bonchev–Trinajstić information content (AvgIpc) is 3.34. The van der Waals surface area contributed by atoms with Crippen molar-refractivity contribution in [1.82, 2.24) is 0 Å². The fraction of sp³-hybridized carbons (Fsp3) is 0.308. The second-order valence-electron chi connectivity index (χ2n) is 8.57.